The fourth-order valence-electron chi connectivity index (χ4n) is 2.50. The van der Waals surface area contributed by atoms with Crippen LogP contribution in [0.1, 0.15) is 48.0 Å². The molecule has 1 heterocycles. The third-order valence-electron chi connectivity index (χ3n) is 3.73. The first kappa shape index (κ1) is 28.1. The molecule has 0 aliphatic rings. The molecule has 0 saturated carbocycles. The van der Waals surface area contributed by atoms with Crippen molar-refractivity contribution in [1.82, 2.24) is 15.0 Å². The molecule has 6 heteroatoms. The maximum atomic E-state index is 4.48. The number of nitrogens with one attached hydrogen (secondary N) is 3. The summed E-state index contributed by atoms with van der Waals surface area (Å²) in [5.41, 5.74) is 2.71. The van der Waals surface area contributed by atoms with Crippen LogP contribution in [0.2, 0.25) is 0 Å². The van der Waals surface area contributed by atoms with Gasteiger partial charge in [0.1, 0.15) is 0 Å². The van der Waals surface area contributed by atoms with Crippen molar-refractivity contribution in [3.63, 3.8) is 0 Å². The Morgan fingerprint density at radius 2 is 0.647 bits per heavy atom. The van der Waals surface area contributed by atoms with Gasteiger partial charge < -0.3 is 16.0 Å². The Bertz CT molecular complexity index is 864. The van der Waals surface area contributed by atoms with Gasteiger partial charge in [0.25, 0.3) is 0 Å². The van der Waals surface area contributed by atoms with Crippen molar-refractivity contribution in [2.24, 2.45) is 0 Å². The van der Waals surface area contributed by atoms with Gasteiger partial charge in [0.05, 0.1) is 0 Å². The highest BCUT2D eigenvalue weighted by Gasteiger charge is 2.08. The van der Waals surface area contributed by atoms with Gasteiger partial charge in [-0.25, -0.2) is 0 Å². The van der Waals surface area contributed by atoms with Gasteiger partial charge >= 0.3 is 0 Å². The first-order chi connectivity index (χ1) is 16.8. The lowest BCUT2D eigenvalue weighted by Gasteiger charge is -2.11. The summed E-state index contributed by atoms with van der Waals surface area (Å²) in [7, 11) is 0. The number of benzene rings is 3. The molecule has 0 fully saturated rings. The van der Waals surface area contributed by atoms with Crippen LogP contribution in [0.15, 0.2) is 91.0 Å². The van der Waals surface area contributed by atoms with Crippen molar-refractivity contribution < 1.29 is 0 Å². The van der Waals surface area contributed by atoms with E-state index < -0.39 is 0 Å². The zero-order chi connectivity index (χ0) is 25.0. The average molecular weight is 459 g/mol. The molecule has 0 aliphatic heterocycles. The number of rotatable bonds is 6. The molecule has 6 nitrogen and oxygen atoms in total. The molecule has 180 valence electrons. The fourth-order valence-corrected chi connectivity index (χ4v) is 2.50. The predicted octanol–water partition coefficient (Wildman–Crippen LogP) is 8.57. The number of hydrogen-bond donors (Lipinski definition) is 3. The molecular formula is C28H38N6. The molecule has 0 radical (unpaired) electrons. The van der Waals surface area contributed by atoms with Crippen LogP contribution < -0.4 is 16.0 Å². The van der Waals surface area contributed by atoms with Crippen molar-refractivity contribution in [3.8, 4) is 0 Å². The van der Waals surface area contributed by atoms with E-state index in [9.17, 15) is 0 Å². The van der Waals surface area contributed by atoms with Gasteiger partial charge in [-0.1, -0.05) is 103 Å². The molecule has 34 heavy (non-hydrogen) atoms. The average Bonchev–Trinajstić information content (AvgIpc) is 2.89. The fraction of sp³-hybridized carbons (Fsp3) is 0.250. The highest BCUT2D eigenvalue weighted by atomic mass is 15.3. The minimum atomic E-state index is 0.452. The summed E-state index contributed by atoms with van der Waals surface area (Å²) in [6, 6.07) is 29.4. The van der Waals surface area contributed by atoms with Crippen molar-refractivity contribution in [2.75, 3.05) is 16.0 Å². The van der Waals surface area contributed by atoms with E-state index in [1.54, 1.807) is 0 Å². The molecule has 1 aromatic heterocycles. The maximum Gasteiger partial charge on any atom is 0.233 e. The lowest BCUT2D eigenvalue weighted by Crippen LogP contribution is -2.07. The number of anilines is 6. The van der Waals surface area contributed by atoms with E-state index in [0.29, 0.717) is 17.8 Å². The smallest absolute Gasteiger partial charge is 0.233 e. The second-order valence-electron chi connectivity index (χ2n) is 6.49. The lowest BCUT2D eigenvalue weighted by molar-refractivity contribution is 1.06. The quantitative estimate of drug-likeness (QED) is 0.269. The molecule has 0 aliphatic carbocycles. The molecule has 0 saturated heterocycles. The predicted molar refractivity (Wildman–Crippen MR) is 148 cm³/mol. The van der Waals surface area contributed by atoms with Gasteiger partial charge in [-0.2, -0.15) is 15.0 Å². The number of para-hydroxylation sites is 3. The molecular weight excluding hydrogens is 420 g/mol. The zero-order valence-electron chi connectivity index (χ0n) is 21.2. The van der Waals surface area contributed by atoms with Crippen LogP contribution in [-0.2, 0) is 0 Å². The number of hydrogen-bond acceptors (Lipinski definition) is 6. The third-order valence-corrected chi connectivity index (χ3v) is 3.73. The highest BCUT2D eigenvalue weighted by molar-refractivity contribution is 5.61. The first-order valence-corrected chi connectivity index (χ1v) is 12.0. The van der Waals surface area contributed by atoms with Crippen LogP contribution in [0.3, 0.4) is 0 Å². The summed E-state index contributed by atoms with van der Waals surface area (Å²) in [5, 5.41) is 9.64. The van der Waals surface area contributed by atoms with E-state index in [0.717, 1.165) is 17.1 Å². The molecule has 3 N–H and O–H groups in total. The summed E-state index contributed by atoms with van der Waals surface area (Å²) in [6.07, 6.45) is 1.25. The Morgan fingerprint density at radius 3 is 0.853 bits per heavy atom. The van der Waals surface area contributed by atoms with E-state index in [-0.39, 0.29) is 0 Å². The molecule has 4 aromatic rings. The molecule has 0 spiro atoms. The summed E-state index contributed by atoms with van der Waals surface area (Å²) >= 11 is 0. The van der Waals surface area contributed by atoms with E-state index in [1.807, 2.05) is 119 Å². The van der Waals surface area contributed by atoms with Gasteiger partial charge in [0, 0.05) is 17.1 Å². The second kappa shape index (κ2) is 17.6. The third kappa shape index (κ3) is 10.6. The molecule has 0 atom stereocenters. The van der Waals surface area contributed by atoms with E-state index in [4.69, 9.17) is 0 Å². The summed E-state index contributed by atoms with van der Waals surface area (Å²) in [6.45, 7) is 12.2. The first-order valence-electron chi connectivity index (χ1n) is 12.0. The van der Waals surface area contributed by atoms with Gasteiger partial charge in [0.15, 0.2) is 0 Å². The van der Waals surface area contributed by atoms with Crippen LogP contribution >= 0.6 is 0 Å². The number of nitrogens with zero attached hydrogens (tertiary/aromatic N) is 3. The summed E-state index contributed by atoms with van der Waals surface area (Å²) in [5.74, 6) is 1.36. The highest BCUT2D eigenvalue weighted by Crippen LogP contribution is 2.20. The number of aromatic nitrogens is 3. The van der Waals surface area contributed by atoms with Crippen LogP contribution in [0, 0.1) is 0 Å². The van der Waals surface area contributed by atoms with Crippen molar-refractivity contribution in [3.05, 3.63) is 91.0 Å². The van der Waals surface area contributed by atoms with Gasteiger partial charge in [0.2, 0.25) is 17.8 Å². The Hall–Kier alpha value is -3.93. The van der Waals surface area contributed by atoms with E-state index in [1.165, 1.54) is 6.42 Å². The maximum absolute atomic E-state index is 4.48. The Labute approximate surface area is 204 Å². The lowest BCUT2D eigenvalue weighted by atomic mass is 10.3. The van der Waals surface area contributed by atoms with E-state index in [2.05, 4.69) is 44.7 Å². The summed E-state index contributed by atoms with van der Waals surface area (Å²) in [4.78, 5) is 13.4. The summed E-state index contributed by atoms with van der Waals surface area (Å²) < 4.78 is 0. The molecule has 0 unspecified atom stereocenters. The van der Waals surface area contributed by atoms with Crippen molar-refractivity contribution in [2.45, 2.75) is 48.0 Å². The topological polar surface area (TPSA) is 74.8 Å². The van der Waals surface area contributed by atoms with E-state index >= 15 is 0 Å². The largest absolute Gasteiger partial charge is 0.324 e. The zero-order valence-corrected chi connectivity index (χ0v) is 21.2. The van der Waals surface area contributed by atoms with Crippen molar-refractivity contribution in [1.29, 1.82) is 0 Å². The Morgan fingerprint density at radius 1 is 0.441 bits per heavy atom. The van der Waals surface area contributed by atoms with Crippen LogP contribution in [0.4, 0.5) is 34.9 Å². The van der Waals surface area contributed by atoms with Crippen LogP contribution in [0.25, 0.3) is 0 Å². The van der Waals surface area contributed by atoms with Crippen LogP contribution in [-0.4, -0.2) is 15.0 Å². The SMILES string of the molecule is CC.CC.CCC.c1ccc(Nc2nc(Nc3ccccc3)nc(Nc3ccccc3)n2)cc1. The molecule has 0 amide bonds. The minimum absolute atomic E-state index is 0.452. The van der Waals surface area contributed by atoms with Gasteiger partial charge in [-0.05, 0) is 36.4 Å². The molecule has 4 rings (SSSR count). The van der Waals surface area contributed by atoms with Crippen molar-refractivity contribution >= 4 is 34.9 Å². The Kier molecular flexibility index (Phi) is 14.6. The normalized spacial score (nSPS) is 9.00. The minimum Gasteiger partial charge on any atom is -0.324 e. The second-order valence-corrected chi connectivity index (χ2v) is 6.49. The molecule has 0 bridgehead atoms. The monoisotopic (exact) mass is 458 g/mol. The molecule has 3 aromatic carbocycles. The van der Waals surface area contributed by atoms with Gasteiger partial charge in [-0.3, -0.25) is 0 Å². The standard InChI is InChI=1S/C21H18N6.C3H8.2C2H6/c1-4-10-16(11-5-1)22-19-25-20(23-17-12-6-2-7-13-17)27-21(26-19)24-18-14-8-3-9-15-18;1-3-2;2*1-2/h1-15H,(H3,22,23,24,25,26,27);3H2,1-2H3;2*1-2H3. The Balaban J connectivity index is 0.000000750. The van der Waals surface area contributed by atoms with Gasteiger partial charge in [-0.15, -0.1) is 0 Å². The van der Waals surface area contributed by atoms with Crippen LogP contribution in [0.5, 0.6) is 0 Å².